The molecule has 3 rings (SSSR count). The van der Waals surface area contributed by atoms with Crippen LogP contribution in [0.25, 0.3) is 11.0 Å². The van der Waals surface area contributed by atoms with Crippen LogP contribution in [0.5, 0.6) is 11.5 Å². The maximum absolute atomic E-state index is 12.8. The minimum Gasteiger partial charge on any atom is -0.496 e. The molecule has 1 aromatic heterocycles. The van der Waals surface area contributed by atoms with E-state index in [2.05, 4.69) is 5.32 Å². The fraction of sp³-hybridized carbons (Fsp3) is 0.542. The lowest BCUT2D eigenvalue weighted by Crippen LogP contribution is -2.42. The van der Waals surface area contributed by atoms with Crippen LogP contribution >= 0.6 is 0 Å². The zero-order chi connectivity index (χ0) is 23.6. The fourth-order valence-electron chi connectivity index (χ4n) is 4.12. The summed E-state index contributed by atoms with van der Waals surface area (Å²) < 4.78 is 17.3. The van der Waals surface area contributed by atoms with Crippen LogP contribution in [-0.2, 0) is 22.4 Å². The van der Waals surface area contributed by atoms with Crippen molar-refractivity contribution in [3.05, 3.63) is 33.2 Å². The number of hydrogen-bond donors (Lipinski definition) is 2. The monoisotopic (exact) mass is 445 g/mol. The molecule has 0 saturated heterocycles. The number of rotatable bonds is 8. The molecule has 2 aromatic rings. The standard InChI is InChI=1S/C24H31NO7/c1-6-7-8-16(22(27)28)25-19(26)11-15-13(2)20-18(30-5)12-17-14(21(20)31-23(15)29)9-10-24(3,4)32-17/h12,16H,6-11H2,1-5H3,(H,25,26)(H,27,28)/t16-/m0/s1. The van der Waals surface area contributed by atoms with Gasteiger partial charge < -0.3 is 24.3 Å². The van der Waals surface area contributed by atoms with Crippen LogP contribution in [0.2, 0.25) is 0 Å². The molecule has 0 bridgehead atoms. The summed E-state index contributed by atoms with van der Waals surface area (Å²) in [6, 6.07) is 0.804. The number of aliphatic carboxylic acids is 1. The molecule has 8 heteroatoms. The van der Waals surface area contributed by atoms with Crippen LogP contribution in [0, 0.1) is 6.92 Å². The van der Waals surface area contributed by atoms with Crippen LogP contribution < -0.4 is 20.4 Å². The molecule has 1 aliphatic rings. The number of amides is 1. The lowest BCUT2D eigenvalue weighted by Gasteiger charge is -2.33. The van der Waals surface area contributed by atoms with Crippen molar-refractivity contribution in [3.8, 4) is 11.5 Å². The molecule has 0 radical (unpaired) electrons. The predicted molar refractivity (Wildman–Crippen MR) is 120 cm³/mol. The largest absolute Gasteiger partial charge is 0.496 e. The number of carbonyl (C=O) groups is 2. The molecule has 1 aromatic carbocycles. The van der Waals surface area contributed by atoms with Gasteiger partial charge in [0.2, 0.25) is 5.91 Å². The molecule has 0 unspecified atom stereocenters. The number of fused-ring (bicyclic) bond motifs is 3. The van der Waals surface area contributed by atoms with Crippen LogP contribution in [0.1, 0.15) is 63.1 Å². The second kappa shape index (κ2) is 9.22. The molecule has 1 aliphatic heterocycles. The summed E-state index contributed by atoms with van der Waals surface area (Å²) in [5, 5.41) is 12.5. The molecule has 8 nitrogen and oxygen atoms in total. The highest BCUT2D eigenvalue weighted by molar-refractivity contribution is 5.93. The van der Waals surface area contributed by atoms with Gasteiger partial charge >= 0.3 is 11.6 Å². The zero-order valence-electron chi connectivity index (χ0n) is 19.3. The molecule has 0 spiro atoms. The van der Waals surface area contributed by atoms with Gasteiger partial charge in [0.1, 0.15) is 28.7 Å². The third-order valence-corrected chi connectivity index (χ3v) is 5.98. The van der Waals surface area contributed by atoms with Crippen molar-refractivity contribution in [2.45, 2.75) is 77.9 Å². The lowest BCUT2D eigenvalue weighted by molar-refractivity contribution is -0.142. The summed E-state index contributed by atoms with van der Waals surface area (Å²) in [6.07, 6.45) is 3.00. The van der Waals surface area contributed by atoms with E-state index >= 15 is 0 Å². The van der Waals surface area contributed by atoms with Gasteiger partial charge in [0.15, 0.2) is 0 Å². The molecule has 0 fully saturated rings. The van der Waals surface area contributed by atoms with Gasteiger partial charge in [-0.2, -0.15) is 0 Å². The van der Waals surface area contributed by atoms with Gasteiger partial charge in [-0.1, -0.05) is 19.8 Å². The van der Waals surface area contributed by atoms with Crippen LogP contribution in [0.15, 0.2) is 15.3 Å². The Labute approximate surface area is 186 Å². The van der Waals surface area contributed by atoms with E-state index in [1.165, 1.54) is 7.11 Å². The summed E-state index contributed by atoms with van der Waals surface area (Å²) in [5.74, 6) is -0.514. The van der Waals surface area contributed by atoms with Gasteiger partial charge in [0.05, 0.1) is 24.5 Å². The zero-order valence-corrected chi connectivity index (χ0v) is 19.3. The van der Waals surface area contributed by atoms with Gasteiger partial charge in [-0.25, -0.2) is 9.59 Å². The first-order valence-corrected chi connectivity index (χ1v) is 10.9. The maximum atomic E-state index is 12.8. The Morgan fingerprint density at radius 1 is 1.34 bits per heavy atom. The maximum Gasteiger partial charge on any atom is 0.340 e. The molecule has 1 amide bonds. The molecule has 1 atom stereocenters. The van der Waals surface area contributed by atoms with E-state index in [0.717, 1.165) is 18.4 Å². The number of hydrogen-bond acceptors (Lipinski definition) is 6. The van der Waals surface area contributed by atoms with Gasteiger partial charge in [-0.3, -0.25) is 4.79 Å². The molecule has 2 N–H and O–H groups in total. The van der Waals surface area contributed by atoms with E-state index in [4.69, 9.17) is 13.9 Å². The fourth-order valence-corrected chi connectivity index (χ4v) is 4.12. The first-order valence-electron chi connectivity index (χ1n) is 10.9. The quantitative estimate of drug-likeness (QED) is 0.598. The van der Waals surface area contributed by atoms with E-state index in [-0.39, 0.29) is 17.6 Å². The summed E-state index contributed by atoms with van der Waals surface area (Å²) in [4.78, 5) is 36.9. The Balaban J connectivity index is 2.00. The van der Waals surface area contributed by atoms with Crippen molar-refractivity contribution in [2.75, 3.05) is 7.11 Å². The summed E-state index contributed by atoms with van der Waals surface area (Å²) in [7, 11) is 1.53. The highest BCUT2D eigenvalue weighted by atomic mass is 16.5. The van der Waals surface area contributed by atoms with E-state index < -0.39 is 23.5 Å². The minimum absolute atomic E-state index is 0.185. The molecule has 32 heavy (non-hydrogen) atoms. The number of methoxy groups -OCH3 is 1. The van der Waals surface area contributed by atoms with Crippen molar-refractivity contribution in [1.82, 2.24) is 5.32 Å². The number of ether oxygens (including phenoxy) is 2. The molecule has 174 valence electrons. The predicted octanol–water partition coefficient (Wildman–Crippen LogP) is 3.52. The highest BCUT2D eigenvalue weighted by Crippen LogP contribution is 2.43. The van der Waals surface area contributed by atoms with Crippen molar-refractivity contribution in [1.29, 1.82) is 0 Å². The Morgan fingerprint density at radius 3 is 2.69 bits per heavy atom. The van der Waals surface area contributed by atoms with Crippen molar-refractivity contribution < 1.29 is 28.6 Å². The third kappa shape index (κ3) is 4.74. The number of carboxylic acid groups (broad SMARTS) is 1. The highest BCUT2D eigenvalue weighted by Gasteiger charge is 2.31. The van der Waals surface area contributed by atoms with Crippen molar-refractivity contribution >= 4 is 22.8 Å². The Hall–Kier alpha value is -3.03. The Kier molecular flexibility index (Phi) is 6.81. The normalized spacial score (nSPS) is 15.5. The lowest BCUT2D eigenvalue weighted by atomic mass is 9.91. The third-order valence-electron chi connectivity index (χ3n) is 5.98. The van der Waals surface area contributed by atoms with E-state index in [0.29, 0.717) is 47.3 Å². The molecular formula is C24H31NO7. The Bertz CT molecular complexity index is 1100. The van der Waals surface area contributed by atoms with Crippen LogP contribution in [0.3, 0.4) is 0 Å². The molecule has 2 heterocycles. The number of unbranched alkanes of at least 4 members (excludes halogenated alkanes) is 1. The van der Waals surface area contributed by atoms with E-state index in [1.54, 1.807) is 13.0 Å². The van der Waals surface area contributed by atoms with Crippen molar-refractivity contribution in [2.24, 2.45) is 0 Å². The molecule has 0 aliphatic carbocycles. The van der Waals surface area contributed by atoms with Gasteiger partial charge in [0, 0.05) is 11.6 Å². The second-order valence-corrected chi connectivity index (χ2v) is 8.89. The van der Waals surface area contributed by atoms with Crippen molar-refractivity contribution in [3.63, 3.8) is 0 Å². The van der Waals surface area contributed by atoms with Gasteiger partial charge in [-0.05, 0) is 45.6 Å². The first kappa shape index (κ1) is 23.6. The number of aryl methyl sites for hydroxylation is 2. The number of carbonyl (C=O) groups excluding carboxylic acids is 1. The Morgan fingerprint density at radius 2 is 2.06 bits per heavy atom. The summed E-state index contributed by atoms with van der Waals surface area (Å²) in [6.45, 7) is 7.69. The number of nitrogens with one attached hydrogen (secondary N) is 1. The van der Waals surface area contributed by atoms with E-state index in [9.17, 15) is 19.5 Å². The van der Waals surface area contributed by atoms with E-state index in [1.807, 2.05) is 20.8 Å². The average molecular weight is 446 g/mol. The summed E-state index contributed by atoms with van der Waals surface area (Å²) in [5.41, 5.74) is 1.03. The minimum atomic E-state index is -1.09. The smallest absolute Gasteiger partial charge is 0.340 e. The number of carboxylic acids is 1. The SMILES string of the molecule is CCCC[C@H](NC(=O)Cc1c(C)c2c(OC)cc3c(c2oc1=O)CCC(C)(C)O3)C(=O)O. The first-order chi connectivity index (χ1) is 15.1. The van der Waals surface area contributed by atoms with Gasteiger partial charge in [0.25, 0.3) is 0 Å². The van der Waals surface area contributed by atoms with Crippen LogP contribution in [0.4, 0.5) is 0 Å². The molecular weight excluding hydrogens is 414 g/mol. The second-order valence-electron chi connectivity index (χ2n) is 8.89. The average Bonchev–Trinajstić information content (AvgIpc) is 2.72. The molecule has 0 saturated carbocycles. The summed E-state index contributed by atoms with van der Waals surface area (Å²) >= 11 is 0. The topological polar surface area (TPSA) is 115 Å². The number of benzene rings is 1. The van der Waals surface area contributed by atoms with Gasteiger partial charge in [-0.15, -0.1) is 0 Å². The van der Waals surface area contributed by atoms with Crippen LogP contribution in [-0.4, -0.2) is 35.7 Å².